The molecule has 3 aromatic rings. The lowest BCUT2D eigenvalue weighted by Crippen LogP contribution is -2.10. The summed E-state index contributed by atoms with van der Waals surface area (Å²) in [4.78, 5) is 16.6. The Hall–Kier alpha value is -1.95. The molecule has 26 heavy (non-hydrogen) atoms. The maximum Gasteiger partial charge on any atom is 0.138 e. The van der Waals surface area contributed by atoms with Crippen LogP contribution < -0.4 is 5.32 Å². The minimum atomic E-state index is 0.784. The summed E-state index contributed by atoms with van der Waals surface area (Å²) in [5, 5.41) is 4.84. The van der Waals surface area contributed by atoms with Crippen LogP contribution >= 0.6 is 11.3 Å². The first-order chi connectivity index (χ1) is 12.8. The van der Waals surface area contributed by atoms with E-state index in [4.69, 9.17) is 4.98 Å². The molecule has 4 heterocycles. The molecule has 0 amide bonds. The summed E-state index contributed by atoms with van der Waals surface area (Å²) in [6.45, 7) is 4.34. The van der Waals surface area contributed by atoms with E-state index in [0.717, 1.165) is 48.9 Å². The largest absolute Gasteiger partial charge is 0.369 e. The highest BCUT2D eigenvalue weighted by Gasteiger charge is 2.23. The zero-order valence-corrected chi connectivity index (χ0v) is 16.1. The Morgan fingerprint density at radius 2 is 2.23 bits per heavy atom. The maximum absolute atomic E-state index is 4.81. The van der Waals surface area contributed by atoms with Gasteiger partial charge in [-0.3, -0.25) is 0 Å². The quantitative estimate of drug-likeness (QED) is 0.757. The van der Waals surface area contributed by atoms with E-state index in [1.807, 2.05) is 11.3 Å². The van der Waals surface area contributed by atoms with E-state index in [1.165, 1.54) is 53.0 Å². The predicted octanol–water partition coefficient (Wildman–Crippen LogP) is 4.00. The molecule has 1 aliphatic heterocycles. The number of hydrogen-bond acceptors (Lipinski definition) is 5. The van der Waals surface area contributed by atoms with Gasteiger partial charge in [0.05, 0.1) is 11.1 Å². The molecule has 5 nitrogen and oxygen atoms in total. The van der Waals surface area contributed by atoms with Gasteiger partial charge in [-0.25, -0.2) is 15.0 Å². The van der Waals surface area contributed by atoms with E-state index >= 15 is 0 Å². The summed E-state index contributed by atoms with van der Waals surface area (Å²) in [6, 6.07) is 0. The molecule has 0 fully saturated rings. The zero-order valence-electron chi connectivity index (χ0n) is 15.3. The summed E-state index contributed by atoms with van der Waals surface area (Å²) in [7, 11) is 0. The standard InChI is InChI=1S/C20H25N5S/c1-13-5-6-15-16(10-13)26-20-18(15)19(22-12-23-20)21-8-7-14-11-25-9-3-2-4-17(25)24-14/h11-13H,2-10H2,1H3,(H,21,22,23)/t13-/m1/s1. The Morgan fingerprint density at radius 1 is 1.27 bits per heavy atom. The lowest BCUT2D eigenvalue weighted by molar-refractivity contribution is 0.509. The highest BCUT2D eigenvalue weighted by molar-refractivity contribution is 7.19. The van der Waals surface area contributed by atoms with Crippen molar-refractivity contribution < 1.29 is 0 Å². The molecule has 1 aliphatic carbocycles. The Bertz CT molecular complexity index is 918. The number of thiophene rings is 1. The van der Waals surface area contributed by atoms with Crippen LogP contribution in [0.15, 0.2) is 12.5 Å². The first-order valence-electron chi connectivity index (χ1n) is 9.82. The number of imidazole rings is 1. The fourth-order valence-electron chi connectivity index (χ4n) is 4.31. The third-order valence-electron chi connectivity index (χ3n) is 5.72. The second kappa shape index (κ2) is 6.65. The molecule has 0 spiro atoms. The summed E-state index contributed by atoms with van der Waals surface area (Å²) in [6.07, 6.45) is 12.2. The van der Waals surface area contributed by atoms with E-state index < -0.39 is 0 Å². The molecule has 136 valence electrons. The van der Waals surface area contributed by atoms with Gasteiger partial charge in [0.2, 0.25) is 0 Å². The molecule has 0 saturated heterocycles. The summed E-state index contributed by atoms with van der Waals surface area (Å²) in [5.41, 5.74) is 2.68. The topological polar surface area (TPSA) is 55.6 Å². The third kappa shape index (κ3) is 2.90. The molecule has 5 rings (SSSR count). The Labute approximate surface area is 157 Å². The van der Waals surface area contributed by atoms with Crippen LogP contribution in [0.5, 0.6) is 0 Å². The van der Waals surface area contributed by atoms with Crippen molar-refractivity contribution in [3.8, 4) is 0 Å². The fraction of sp³-hybridized carbons (Fsp3) is 0.550. The van der Waals surface area contributed by atoms with Crippen LogP contribution in [0.3, 0.4) is 0 Å². The van der Waals surface area contributed by atoms with Crippen molar-refractivity contribution >= 4 is 27.4 Å². The van der Waals surface area contributed by atoms with Crippen molar-refractivity contribution in [1.82, 2.24) is 19.5 Å². The SMILES string of the molecule is C[C@@H]1CCc2c(sc3ncnc(NCCc4cn5c(n4)CCCC5)c23)C1. The van der Waals surface area contributed by atoms with Crippen molar-refractivity contribution in [2.24, 2.45) is 5.92 Å². The lowest BCUT2D eigenvalue weighted by Gasteiger charge is -2.18. The number of aryl methyl sites for hydroxylation is 3. The lowest BCUT2D eigenvalue weighted by atomic mass is 9.89. The molecular weight excluding hydrogens is 342 g/mol. The second-order valence-corrected chi connectivity index (χ2v) is 8.81. The molecule has 6 heteroatoms. The molecule has 0 unspecified atom stereocenters. The first-order valence-corrected chi connectivity index (χ1v) is 10.6. The summed E-state index contributed by atoms with van der Waals surface area (Å²) < 4.78 is 2.33. The fourth-order valence-corrected chi connectivity index (χ4v) is 5.66. The maximum atomic E-state index is 4.81. The Balaban J connectivity index is 1.34. The van der Waals surface area contributed by atoms with Crippen molar-refractivity contribution in [3.63, 3.8) is 0 Å². The van der Waals surface area contributed by atoms with E-state index in [9.17, 15) is 0 Å². The van der Waals surface area contributed by atoms with Crippen molar-refractivity contribution in [2.45, 2.75) is 58.4 Å². The smallest absolute Gasteiger partial charge is 0.138 e. The molecule has 2 aliphatic rings. The molecule has 3 aromatic heterocycles. The monoisotopic (exact) mass is 367 g/mol. The highest BCUT2D eigenvalue weighted by Crippen LogP contribution is 2.39. The zero-order chi connectivity index (χ0) is 17.5. The number of fused-ring (bicyclic) bond motifs is 4. The number of nitrogens with zero attached hydrogens (tertiary/aromatic N) is 4. The van der Waals surface area contributed by atoms with Gasteiger partial charge in [-0.05, 0) is 43.6 Å². The van der Waals surface area contributed by atoms with Gasteiger partial charge in [0.25, 0.3) is 0 Å². The van der Waals surface area contributed by atoms with Crippen molar-refractivity contribution in [2.75, 3.05) is 11.9 Å². The molecular formula is C20H25N5S. The first kappa shape index (κ1) is 16.2. The second-order valence-electron chi connectivity index (χ2n) is 7.73. The Morgan fingerprint density at radius 3 is 3.15 bits per heavy atom. The van der Waals surface area contributed by atoms with Crippen LogP contribution in [0, 0.1) is 5.92 Å². The van der Waals surface area contributed by atoms with Crippen molar-refractivity contribution in [3.05, 3.63) is 34.5 Å². The van der Waals surface area contributed by atoms with Gasteiger partial charge in [-0.2, -0.15) is 0 Å². The van der Waals surface area contributed by atoms with Crippen LogP contribution in [0.4, 0.5) is 5.82 Å². The predicted molar refractivity (Wildman–Crippen MR) is 106 cm³/mol. The van der Waals surface area contributed by atoms with Crippen molar-refractivity contribution in [1.29, 1.82) is 0 Å². The number of hydrogen-bond donors (Lipinski definition) is 1. The Kier molecular flexibility index (Phi) is 4.15. The number of anilines is 1. The molecule has 0 aromatic carbocycles. The number of nitrogens with one attached hydrogen (secondary N) is 1. The average Bonchev–Trinajstić information content (AvgIpc) is 3.22. The van der Waals surface area contributed by atoms with E-state index in [1.54, 1.807) is 6.33 Å². The van der Waals surface area contributed by atoms with Gasteiger partial charge in [-0.15, -0.1) is 11.3 Å². The third-order valence-corrected chi connectivity index (χ3v) is 6.89. The minimum Gasteiger partial charge on any atom is -0.369 e. The molecule has 0 radical (unpaired) electrons. The van der Waals surface area contributed by atoms with E-state index in [-0.39, 0.29) is 0 Å². The van der Waals surface area contributed by atoms with E-state index in [2.05, 4.69) is 33.0 Å². The van der Waals surface area contributed by atoms with Crippen LogP contribution in [-0.4, -0.2) is 26.1 Å². The molecule has 1 atom stereocenters. The van der Waals surface area contributed by atoms with Crippen LogP contribution in [0.1, 0.15) is 48.1 Å². The van der Waals surface area contributed by atoms with Gasteiger partial charge < -0.3 is 9.88 Å². The average molecular weight is 368 g/mol. The summed E-state index contributed by atoms with van der Waals surface area (Å²) >= 11 is 1.86. The van der Waals surface area contributed by atoms with E-state index in [0.29, 0.717) is 0 Å². The normalized spacial score (nSPS) is 19.3. The van der Waals surface area contributed by atoms with Gasteiger partial charge in [-0.1, -0.05) is 6.92 Å². The molecule has 0 saturated carbocycles. The van der Waals surface area contributed by atoms with Crippen LogP contribution in [0.25, 0.3) is 10.2 Å². The van der Waals surface area contributed by atoms with Gasteiger partial charge in [0.15, 0.2) is 0 Å². The molecule has 0 bridgehead atoms. The summed E-state index contributed by atoms with van der Waals surface area (Å²) in [5.74, 6) is 3.05. The number of rotatable bonds is 4. The van der Waals surface area contributed by atoms with Gasteiger partial charge in [0, 0.05) is 37.0 Å². The van der Waals surface area contributed by atoms with Crippen LogP contribution in [0.2, 0.25) is 0 Å². The van der Waals surface area contributed by atoms with Crippen LogP contribution in [-0.2, 0) is 32.2 Å². The van der Waals surface area contributed by atoms with Gasteiger partial charge in [0.1, 0.15) is 22.8 Å². The number of aromatic nitrogens is 4. The minimum absolute atomic E-state index is 0.784. The van der Waals surface area contributed by atoms with Gasteiger partial charge >= 0.3 is 0 Å². The highest BCUT2D eigenvalue weighted by atomic mass is 32.1. The molecule has 1 N–H and O–H groups in total.